The highest BCUT2D eigenvalue weighted by atomic mass is 32.2. The number of hydrogen-bond donors (Lipinski definition) is 1. The lowest BCUT2D eigenvalue weighted by Crippen LogP contribution is -2.38. The minimum Gasteiger partial charge on any atom is -0.313 e. The van der Waals surface area contributed by atoms with Gasteiger partial charge in [0.25, 0.3) is 0 Å². The lowest BCUT2D eigenvalue weighted by Gasteiger charge is -2.26. The highest BCUT2D eigenvalue weighted by Crippen LogP contribution is 2.21. The molecule has 5 heteroatoms. The van der Waals surface area contributed by atoms with Crippen LogP contribution in [0.15, 0.2) is 29.2 Å². The van der Waals surface area contributed by atoms with Crippen molar-refractivity contribution in [2.45, 2.75) is 51.1 Å². The van der Waals surface area contributed by atoms with Crippen molar-refractivity contribution in [3.8, 4) is 0 Å². The fourth-order valence-electron chi connectivity index (χ4n) is 2.15. The largest absolute Gasteiger partial charge is 0.313 e. The van der Waals surface area contributed by atoms with Gasteiger partial charge in [-0.1, -0.05) is 26.0 Å². The highest BCUT2D eigenvalue weighted by molar-refractivity contribution is 7.89. The Balaban J connectivity index is 3.09. The Labute approximate surface area is 123 Å². The Hall–Kier alpha value is -0.910. The zero-order valence-electron chi connectivity index (χ0n) is 13.1. The number of hydrogen-bond acceptors (Lipinski definition) is 3. The molecule has 0 saturated heterocycles. The van der Waals surface area contributed by atoms with Crippen LogP contribution < -0.4 is 5.32 Å². The maximum absolute atomic E-state index is 12.6. The Bertz CT molecular complexity index is 511. The number of sulfonamides is 1. The van der Waals surface area contributed by atoms with E-state index in [4.69, 9.17) is 0 Å². The third-order valence-corrected chi connectivity index (χ3v) is 5.92. The van der Waals surface area contributed by atoms with Gasteiger partial charge in [-0.3, -0.25) is 0 Å². The van der Waals surface area contributed by atoms with E-state index in [9.17, 15) is 8.42 Å². The van der Waals surface area contributed by atoms with Gasteiger partial charge in [0.1, 0.15) is 0 Å². The first kappa shape index (κ1) is 17.1. The summed E-state index contributed by atoms with van der Waals surface area (Å²) in [7, 11) is -1.51. The Morgan fingerprint density at radius 3 is 2.10 bits per heavy atom. The first-order valence-electron chi connectivity index (χ1n) is 7.17. The van der Waals surface area contributed by atoms with Crippen LogP contribution >= 0.6 is 0 Å². The molecule has 0 aliphatic rings. The zero-order valence-corrected chi connectivity index (χ0v) is 13.9. The highest BCUT2D eigenvalue weighted by Gasteiger charge is 2.26. The topological polar surface area (TPSA) is 49.4 Å². The zero-order chi connectivity index (χ0) is 15.3. The van der Waals surface area contributed by atoms with Crippen LogP contribution in [-0.2, 0) is 10.0 Å². The fraction of sp³-hybridized carbons (Fsp3) is 0.600. The van der Waals surface area contributed by atoms with E-state index in [1.54, 1.807) is 16.4 Å². The number of rotatable bonds is 7. The maximum atomic E-state index is 12.6. The molecule has 1 aromatic carbocycles. The van der Waals surface area contributed by atoms with Gasteiger partial charge in [0, 0.05) is 18.6 Å². The van der Waals surface area contributed by atoms with Gasteiger partial charge < -0.3 is 5.32 Å². The van der Waals surface area contributed by atoms with Gasteiger partial charge in [0.15, 0.2) is 0 Å². The molecule has 0 heterocycles. The molecular weight excluding hydrogens is 272 g/mol. The molecular formula is C15H26N2O2S. The molecule has 0 aliphatic heterocycles. The van der Waals surface area contributed by atoms with Crippen molar-refractivity contribution in [3.63, 3.8) is 0 Å². The van der Waals surface area contributed by atoms with Gasteiger partial charge in [-0.2, -0.15) is 4.31 Å². The number of nitrogens with one attached hydrogen (secondary N) is 1. The predicted octanol–water partition coefficient (Wildman–Crippen LogP) is 2.78. The fourth-order valence-corrected chi connectivity index (χ4v) is 3.87. The van der Waals surface area contributed by atoms with E-state index in [1.807, 2.05) is 46.9 Å². The maximum Gasteiger partial charge on any atom is 0.243 e. The van der Waals surface area contributed by atoms with Gasteiger partial charge in [-0.25, -0.2) is 8.42 Å². The van der Waals surface area contributed by atoms with E-state index >= 15 is 0 Å². The number of nitrogens with zero attached hydrogens (tertiary/aromatic N) is 1. The second-order valence-electron chi connectivity index (χ2n) is 5.05. The van der Waals surface area contributed by atoms with Crippen LogP contribution in [0, 0.1) is 0 Å². The Morgan fingerprint density at radius 2 is 1.70 bits per heavy atom. The summed E-state index contributed by atoms with van der Waals surface area (Å²) in [4.78, 5) is 0.367. The molecule has 0 aromatic heterocycles. The molecule has 1 aromatic rings. The third-order valence-electron chi connectivity index (χ3n) is 3.81. The second-order valence-corrected chi connectivity index (χ2v) is 6.94. The van der Waals surface area contributed by atoms with Crippen LogP contribution in [0.3, 0.4) is 0 Å². The monoisotopic (exact) mass is 298 g/mol. The summed E-state index contributed by atoms with van der Waals surface area (Å²) in [6, 6.07) is 7.37. The molecule has 0 fully saturated rings. The lowest BCUT2D eigenvalue weighted by molar-refractivity contribution is 0.342. The second kappa shape index (κ2) is 7.20. The molecule has 2 unspecified atom stereocenters. The van der Waals surface area contributed by atoms with Crippen LogP contribution in [0.25, 0.3) is 0 Å². The predicted molar refractivity (Wildman–Crippen MR) is 83.2 cm³/mol. The standard InChI is InChI=1S/C15H26N2O2S/c1-6-12(3)17(7-2)20(18,19)15-10-8-14(9-11-15)13(4)16-5/h8-13,16H,6-7H2,1-5H3. The van der Waals surface area contributed by atoms with E-state index in [1.165, 1.54) is 0 Å². The summed E-state index contributed by atoms with van der Waals surface area (Å²) in [5.74, 6) is 0. The summed E-state index contributed by atoms with van der Waals surface area (Å²) in [5.41, 5.74) is 1.08. The third kappa shape index (κ3) is 3.59. The van der Waals surface area contributed by atoms with Crippen molar-refractivity contribution in [1.82, 2.24) is 9.62 Å². The van der Waals surface area contributed by atoms with Gasteiger partial charge in [0.05, 0.1) is 4.90 Å². The van der Waals surface area contributed by atoms with Crippen LogP contribution in [-0.4, -0.2) is 32.4 Å². The average molecular weight is 298 g/mol. The van der Waals surface area contributed by atoms with Crippen LogP contribution in [0.2, 0.25) is 0 Å². The lowest BCUT2D eigenvalue weighted by atomic mass is 10.1. The van der Waals surface area contributed by atoms with Crippen molar-refractivity contribution < 1.29 is 8.42 Å². The molecule has 4 nitrogen and oxygen atoms in total. The minimum atomic E-state index is -3.40. The van der Waals surface area contributed by atoms with E-state index in [2.05, 4.69) is 5.32 Å². The Morgan fingerprint density at radius 1 is 1.15 bits per heavy atom. The van der Waals surface area contributed by atoms with Crippen molar-refractivity contribution in [3.05, 3.63) is 29.8 Å². The smallest absolute Gasteiger partial charge is 0.243 e. The average Bonchev–Trinajstić information content (AvgIpc) is 2.46. The number of benzene rings is 1. The molecule has 0 saturated carbocycles. The van der Waals surface area contributed by atoms with Gasteiger partial charge >= 0.3 is 0 Å². The van der Waals surface area contributed by atoms with Gasteiger partial charge in [0.2, 0.25) is 10.0 Å². The molecule has 2 atom stereocenters. The molecule has 0 bridgehead atoms. The molecule has 0 radical (unpaired) electrons. The van der Waals surface area contributed by atoms with Crippen LogP contribution in [0.5, 0.6) is 0 Å². The van der Waals surface area contributed by atoms with E-state index in [0.29, 0.717) is 11.4 Å². The Kier molecular flexibility index (Phi) is 6.17. The van der Waals surface area contributed by atoms with Crippen molar-refractivity contribution in [2.75, 3.05) is 13.6 Å². The summed E-state index contributed by atoms with van der Waals surface area (Å²) in [5, 5.41) is 3.14. The van der Waals surface area contributed by atoms with Crippen molar-refractivity contribution in [2.24, 2.45) is 0 Å². The molecule has 0 spiro atoms. The van der Waals surface area contributed by atoms with E-state index in [-0.39, 0.29) is 12.1 Å². The normalized spacial score (nSPS) is 15.3. The molecule has 0 amide bonds. The quantitative estimate of drug-likeness (QED) is 0.842. The summed E-state index contributed by atoms with van der Waals surface area (Å²) in [6.45, 7) is 8.35. The molecule has 114 valence electrons. The minimum absolute atomic E-state index is 0.0147. The molecule has 1 rings (SSSR count). The van der Waals surface area contributed by atoms with Crippen molar-refractivity contribution in [1.29, 1.82) is 0 Å². The first-order chi connectivity index (χ1) is 9.38. The summed E-state index contributed by atoms with van der Waals surface area (Å²) in [6.07, 6.45) is 0.807. The van der Waals surface area contributed by atoms with Crippen LogP contribution in [0.1, 0.15) is 45.7 Å². The molecule has 1 N–H and O–H groups in total. The molecule has 0 aliphatic carbocycles. The summed E-state index contributed by atoms with van der Waals surface area (Å²) < 4.78 is 26.8. The van der Waals surface area contributed by atoms with E-state index in [0.717, 1.165) is 12.0 Å². The van der Waals surface area contributed by atoms with E-state index < -0.39 is 10.0 Å². The van der Waals surface area contributed by atoms with Gasteiger partial charge in [-0.05, 0) is 45.0 Å². The van der Waals surface area contributed by atoms with Crippen LogP contribution in [0.4, 0.5) is 0 Å². The first-order valence-corrected chi connectivity index (χ1v) is 8.61. The van der Waals surface area contributed by atoms with Crippen molar-refractivity contribution >= 4 is 10.0 Å². The molecule has 20 heavy (non-hydrogen) atoms. The summed E-state index contributed by atoms with van der Waals surface area (Å²) >= 11 is 0. The SMILES string of the molecule is CCC(C)N(CC)S(=O)(=O)c1ccc(C(C)NC)cc1. The van der Waals surface area contributed by atoms with Gasteiger partial charge in [-0.15, -0.1) is 0 Å².